The number of anilines is 1. The summed E-state index contributed by atoms with van der Waals surface area (Å²) < 4.78 is 0. The quantitative estimate of drug-likeness (QED) is 0.876. The molecule has 6 heteroatoms. The molecule has 1 fully saturated rings. The monoisotopic (exact) mass is 321 g/mol. The van der Waals surface area contributed by atoms with Gasteiger partial charge in [0, 0.05) is 35.2 Å². The summed E-state index contributed by atoms with van der Waals surface area (Å²) in [5, 5.41) is 1.39. The van der Waals surface area contributed by atoms with Crippen molar-refractivity contribution in [1.82, 2.24) is 9.88 Å². The predicted molar refractivity (Wildman–Crippen MR) is 91.2 cm³/mol. The van der Waals surface area contributed by atoms with Crippen molar-refractivity contribution in [2.75, 3.05) is 18.0 Å². The molecule has 0 radical (unpaired) electrons. The molecule has 2 unspecified atom stereocenters. The van der Waals surface area contributed by atoms with E-state index in [0.29, 0.717) is 15.8 Å². The van der Waals surface area contributed by atoms with Crippen molar-refractivity contribution in [3.8, 4) is 0 Å². The number of aromatic nitrogens is 1. The summed E-state index contributed by atoms with van der Waals surface area (Å²) in [4.78, 5) is 20.7. The molecule has 2 aromatic heterocycles. The lowest BCUT2D eigenvalue weighted by atomic mass is 10.1. The van der Waals surface area contributed by atoms with E-state index in [4.69, 9.17) is 5.73 Å². The van der Waals surface area contributed by atoms with Crippen LogP contribution in [0.5, 0.6) is 0 Å². The zero-order valence-electron chi connectivity index (χ0n) is 12.4. The molecule has 3 rings (SSSR count). The third-order valence-electron chi connectivity index (χ3n) is 4.18. The first-order valence-electron chi connectivity index (χ1n) is 7.07. The summed E-state index contributed by atoms with van der Waals surface area (Å²) in [5.41, 5.74) is 7.90. The summed E-state index contributed by atoms with van der Waals surface area (Å²) in [6, 6.07) is 2.16. The molecule has 112 valence electrons. The fourth-order valence-electron chi connectivity index (χ4n) is 2.71. The first-order valence-corrected chi connectivity index (χ1v) is 8.93. The van der Waals surface area contributed by atoms with Gasteiger partial charge in [0.15, 0.2) is 0 Å². The molecule has 3 heterocycles. The number of thioether (sulfide) groups is 1. The molecule has 0 bridgehead atoms. The number of fused-ring (bicyclic) bond motifs is 1. The van der Waals surface area contributed by atoms with Crippen LogP contribution in [0.1, 0.15) is 29.1 Å². The highest BCUT2D eigenvalue weighted by Crippen LogP contribution is 2.36. The van der Waals surface area contributed by atoms with E-state index in [1.54, 1.807) is 6.20 Å². The van der Waals surface area contributed by atoms with Crippen LogP contribution in [-0.4, -0.2) is 39.4 Å². The highest BCUT2D eigenvalue weighted by atomic mass is 32.2. The number of hydrogen-bond acceptors (Lipinski definition) is 5. The van der Waals surface area contributed by atoms with Gasteiger partial charge in [-0.3, -0.25) is 4.79 Å². The van der Waals surface area contributed by atoms with E-state index in [2.05, 4.69) is 18.8 Å². The zero-order chi connectivity index (χ0) is 15.1. The van der Waals surface area contributed by atoms with E-state index in [1.807, 2.05) is 29.7 Å². The van der Waals surface area contributed by atoms with E-state index in [9.17, 15) is 4.79 Å². The number of rotatable bonds is 1. The minimum atomic E-state index is 0.0505. The molecular formula is C15H19N3OS2. The van der Waals surface area contributed by atoms with Gasteiger partial charge < -0.3 is 10.6 Å². The Balaban J connectivity index is 2.02. The van der Waals surface area contributed by atoms with Gasteiger partial charge >= 0.3 is 0 Å². The highest BCUT2D eigenvalue weighted by Gasteiger charge is 2.31. The van der Waals surface area contributed by atoms with Crippen molar-refractivity contribution in [1.29, 1.82) is 0 Å². The van der Waals surface area contributed by atoms with Crippen LogP contribution in [0.2, 0.25) is 0 Å². The van der Waals surface area contributed by atoms with Crippen molar-refractivity contribution in [2.24, 2.45) is 0 Å². The Labute approximate surface area is 132 Å². The Kier molecular flexibility index (Phi) is 3.84. The molecule has 1 amide bonds. The number of amides is 1. The second-order valence-electron chi connectivity index (χ2n) is 5.47. The van der Waals surface area contributed by atoms with Crippen LogP contribution in [0, 0.1) is 6.92 Å². The molecule has 21 heavy (non-hydrogen) atoms. The average Bonchev–Trinajstić information content (AvgIpc) is 2.80. The van der Waals surface area contributed by atoms with Gasteiger partial charge in [-0.2, -0.15) is 11.8 Å². The number of nitrogen functional groups attached to an aromatic ring is 1. The number of carbonyl (C=O) groups excluding carboxylic acids is 1. The molecule has 1 saturated heterocycles. The summed E-state index contributed by atoms with van der Waals surface area (Å²) >= 11 is 3.33. The van der Waals surface area contributed by atoms with Gasteiger partial charge in [0.25, 0.3) is 5.91 Å². The van der Waals surface area contributed by atoms with Crippen molar-refractivity contribution in [2.45, 2.75) is 32.1 Å². The van der Waals surface area contributed by atoms with Gasteiger partial charge in [-0.25, -0.2) is 4.98 Å². The number of aryl methyl sites for hydroxylation is 1. The second-order valence-corrected chi connectivity index (χ2v) is 7.95. The molecule has 0 spiro atoms. The fourth-order valence-corrected chi connectivity index (χ4v) is 4.91. The Bertz CT molecular complexity index is 698. The molecule has 2 N–H and O–H groups in total. The lowest BCUT2D eigenvalue weighted by Gasteiger charge is -2.37. The molecule has 1 aliphatic heterocycles. The maximum absolute atomic E-state index is 12.9. The Hall–Kier alpha value is -1.27. The maximum atomic E-state index is 12.9. The highest BCUT2D eigenvalue weighted by molar-refractivity contribution is 8.00. The van der Waals surface area contributed by atoms with Crippen LogP contribution in [0.4, 0.5) is 5.69 Å². The number of thiophene rings is 1. The lowest BCUT2D eigenvalue weighted by molar-refractivity contribution is 0.0704. The summed E-state index contributed by atoms with van der Waals surface area (Å²) in [5.74, 6) is 1.04. The summed E-state index contributed by atoms with van der Waals surface area (Å²) in [6.45, 7) is 7.08. The third kappa shape index (κ3) is 2.40. The van der Waals surface area contributed by atoms with Gasteiger partial charge in [-0.05, 0) is 25.5 Å². The zero-order valence-corrected chi connectivity index (χ0v) is 14.1. The van der Waals surface area contributed by atoms with Crippen LogP contribution >= 0.6 is 23.1 Å². The van der Waals surface area contributed by atoms with Crippen LogP contribution in [0.25, 0.3) is 10.2 Å². The SMILES string of the molecule is Cc1ccnc2sc(C(=O)N3CCSC(C)C3C)c(N)c12. The molecule has 0 saturated carbocycles. The van der Waals surface area contributed by atoms with Crippen molar-refractivity contribution >= 4 is 44.9 Å². The van der Waals surface area contributed by atoms with E-state index in [1.165, 1.54) is 11.3 Å². The number of nitrogens with zero attached hydrogens (tertiary/aromatic N) is 2. The van der Waals surface area contributed by atoms with E-state index < -0.39 is 0 Å². The molecule has 0 aliphatic carbocycles. The topological polar surface area (TPSA) is 59.2 Å². The first-order chi connectivity index (χ1) is 10.0. The normalized spacial score (nSPS) is 22.7. The van der Waals surface area contributed by atoms with Gasteiger partial charge in [0.05, 0.1) is 5.69 Å². The molecule has 2 aromatic rings. The van der Waals surface area contributed by atoms with Gasteiger partial charge in [0.1, 0.15) is 9.71 Å². The smallest absolute Gasteiger partial charge is 0.266 e. The summed E-state index contributed by atoms with van der Waals surface area (Å²) in [6.07, 6.45) is 1.77. The van der Waals surface area contributed by atoms with Gasteiger partial charge in [0.2, 0.25) is 0 Å². The minimum absolute atomic E-state index is 0.0505. The number of pyridine rings is 1. The molecule has 4 nitrogen and oxygen atoms in total. The molecular weight excluding hydrogens is 302 g/mol. The lowest BCUT2D eigenvalue weighted by Crippen LogP contribution is -2.47. The van der Waals surface area contributed by atoms with Gasteiger partial charge in [-0.1, -0.05) is 6.92 Å². The summed E-state index contributed by atoms with van der Waals surface area (Å²) in [7, 11) is 0. The Morgan fingerprint density at radius 1 is 1.48 bits per heavy atom. The number of carbonyl (C=O) groups is 1. The molecule has 2 atom stereocenters. The largest absolute Gasteiger partial charge is 0.397 e. The standard InChI is InChI=1S/C15H19N3OS2/c1-8-4-5-17-14-11(8)12(16)13(21-14)15(19)18-6-7-20-10(3)9(18)2/h4-5,9-10H,6-7,16H2,1-3H3. The van der Waals surface area contributed by atoms with E-state index in [0.717, 1.165) is 28.1 Å². The average molecular weight is 321 g/mol. The maximum Gasteiger partial charge on any atom is 0.266 e. The van der Waals surface area contributed by atoms with Crippen molar-refractivity contribution in [3.05, 3.63) is 22.7 Å². The van der Waals surface area contributed by atoms with Crippen LogP contribution in [0.3, 0.4) is 0 Å². The number of hydrogen-bond donors (Lipinski definition) is 1. The molecule has 0 aromatic carbocycles. The van der Waals surface area contributed by atoms with Crippen LogP contribution in [-0.2, 0) is 0 Å². The van der Waals surface area contributed by atoms with Crippen molar-refractivity contribution in [3.63, 3.8) is 0 Å². The van der Waals surface area contributed by atoms with E-state index in [-0.39, 0.29) is 11.9 Å². The Morgan fingerprint density at radius 3 is 2.95 bits per heavy atom. The third-order valence-corrected chi connectivity index (χ3v) is 6.62. The minimum Gasteiger partial charge on any atom is -0.397 e. The Morgan fingerprint density at radius 2 is 2.24 bits per heavy atom. The van der Waals surface area contributed by atoms with Crippen molar-refractivity contribution < 1.29 is 4.79 Å². The second kappa shape index (κ2) is 5.50. The fraction of sp³-hybridized carbons (Fsp3) is 0.467. The van der Waals surface area contributed by atoms with Crippen LogP contribution < -0.4 is 5.73 Å². The predicted octanol–water partition coefficient (Wildman–Crippen LogP) is 3.15. The van der Waals surface area contributed by atoms with E-state index >= 15 is 0 Å². The van der Waals surface area contributed by atoms with Gasteiger partial charge in [-0.15, -0.1) is 11.3 Å². The number of nitrogens with two attached hydrogens (primary N) is 1. The van der Waals surface area contributed by atoms with Crippen LogP contribution in [0.15, 0.2) is 12.3 Å². The molecule has 1 aliphatic rings. The first kappa shape index (κ1) is 14.7.